The van der Waals surface area contributed by atoms with Crippen molar-refractivity contribution in [2.45, 2.75) is 40.0 Å². The molecule has 0 atom stereocenters. The molecule has 0 bridgehead atoms. The minimum atomic E-state index is 0.680. The van der Waals surface area contributed by atoms with Gasteiger partial charge < -0.3 is 5.73 Å². The van der Waals surface area contributed by atoms with Crippen LogP contribution in [0.2, 0.25) is 0 Å². The average molecular weight is 339 g/mol. The minimum absolute atomic E-state index is 0.680. The molecule has 0 radical (unpaired) electrons. The van der Waals surface area contributed by atoms with Gasteiger partial charge in [-0.1, -0.05) is 35.3 Å². The zero-order valence-corrected chi connectivity index (χ0v) is 14.0. The molecular formula is C15H19BrN2S. The fourth-order valence-electron chi connectivity index (χ4n) is 2.30. The van der Waals surface area contributed by atoms with Crippen LogP contribution in [-0.2, 0) is 12.8 Å². The molecule has 0 aliphatic heterocycles. The number of nitrogens with two attached hydrogens (primary N) is 1. The van der Waals surface area contributed by atoms with Gasteiger partial charge in [-0.2, -0.15) is 0 Å². The number of anilines is 1. The van der Waals surface area contributed by atoms with Gasteiger partial charge in [-0.3, -0.25) is 0 Å². The highest BCUT2D eigenvalue weighted by Gasteiger charge is 2.13. The molecule has 2 N–H and O–H groups in total. The molecule has 0 saturated heterocycles. The predicted octanol–water partition coefficient (Wildman–Crippen LogP) is 4.65. The largest absolute Gasteiger partial charge is 0.375 e. The van der Waals surface area contributed by atoms with Crippen molar-refractivity contribution < 1.29 is 0 Å². The van der Waals surface area contributed by atoms with Gasteiger partial charge in [-0.05, 0) is 43.0 Å². The van der Waals surface area contributed by atoms with Crippen LogP contribution >= 0.6 is 27.3 Å². The second-order valence-electron chi connectivity index (χ2n) is 4.89. The van der Waals surface area contributed by atoms with Crippen molar-refractivity contribution in [3.05, 3.63) is 43.9 Å². The van der Waals surface area contributed by atoms with E-state index in [9.17, 15) is 0 Å². The van der Waals surface area contributed by atoms with Crippen LogP contribution in [0.1, 0.15) is 40.6 Å². The van der Waals surface area contributed by atoms with Crippen molar-refractivity contribution >= 4 is 32.4 Å². The lowest BCUT2D eigenvalue weighted by Gasteiger charge is -2.10. The lowest BCUT2D eigenvalue weighted by Crippen LogP contribution is -1.97. The van der Waals surface area contributed by atoms with Crippen LogP contribution in [-0.4, -0.2) is 4.98 Å². The van der Waals surface area contributed by atoms with Crippen molar-refractivity contribution in [2.75, 3.05) is 5.73 Å². The number of thiazole rings is 1. The summed E-state index contributed by atoms with van der Waals surface area (Å²) in [5.74, 6) is 0. The highest BCUT2D eigenvalue weighted by molar-refractivity contribution is 9.10. The van der Waals surface area contributed by atoms with E-state index in [1.54, 1.807) is 11.3 Å². The Balaban J connectivity index is 2.36. The highest BCUT2D eigenvalue weighted by Crippen LogP contribution is 2.30. The van der Waals surface area contributed by atoms with Crippen molar-refractivity contribution in [3.8, 4) is 0 Å². The van der Waals surface area contributed by atoms with E-state index in [1.807, 2.05) is 0 Å². The Bertz CT molecular complexity index is 567. The summed E-state index contributed by atoms with van der Waals surface area (Å²) in [6, 6.07) is 4.40. The van der Waals surface area contributed by atoms with Gasteiger partial charge in [0.05, 0.1) is 5.69 Å². The summed E-state index contributed by atoms with van der Waals surface area (Å²) >= 11 is 5.30. The zero-order valence-electron chi connectivity index (χ0n) is 11.6. The standard InChI is InChI=1S/C15H19BrN2S/c1-4-5-13-14(19-15(17)18-13)8-11-10(3)6-9(2)7-12(11)16/h6-7H,4-5,8H2,1-3H3,(H2,17,18). The number of rotatable bonds is 4. The van der Waals surface area contributed by atoms with Gasteiger partial charge >= 0.3 is 0 Å². The van der Waals surface area contributed by atoms with Crippen molar-refractivity contribution in [1.82, 2.24) is 4.98 Å². The van der Waals surface area contributed by atoms with Crippen LogP contribution in [0.5, 0.6) is 0 Å². The van der Waals surface area contributed by atoms with E-state index in [2.05, 4.69) is 53.8 Å². The lowest BCUT2D eigenvalue weighted by atomic mass is 10.0. The Morgan fingerprint density at radius 3 is 2.68 bits per heavy atom. The number of hydrogen-bond donors (Lipinski definition) is 1. The molecule has 0 unspecified atom stereocenters. The Kier molecular flexibility index (Phi) is 4.63. The first-order valence-corrected chi connectivity index (χ1v) is 8.12. The number of benzene rings is 1. The van der Waals surface area contributed by atoms with E-state index < -0.39 is 0 Å². The maximum atomic E-state index is 5.86. The predicted molar refractivity (Wildman–Crippen MR) is 86.9 cm³/mol. The normalized spacial score (nSPS) is 10.9. The zero-order chi connectivity index (χ0) is 14.0. The molecule has 1 heterocycles. The maximum absolute atomic E-state index is 5.86. The highest BCUT2D eigenvalue weighted by atomic mass is 79.9. The Labute approximate surface area is 127 Å². The average Bonchev–Trinajstić information content (AvgIpc) is 2.64. The molecule has 0 aliphatic carbocycles. The molecule has 1 aromatic carbocycles. The van der Waals surface area contributed by atoms with Gasteiger partial charge in [0.2, 0.25) is 0 Å². The fraction of sp³-hybridized carbons (Fsp3) is 0.400. The number of halogens is 1. The van der Waals surface area contributed by atoms with Gasteiger partial charge in [0, 0.05) is 15.8 Å². The lowest BCUT2D eigenvalue weighted by molar-refractivity contribution is 0.878. The van der Waals surface area contributed by atoms with Crippen LogP contribution in [0.3, 0.4) is 0 Å². The first-order valence-electron chi connectivity index (χ1n) is 6.51. The molecule has 19 heavy (non-hydrogen) atoms. The van der Waals surface area contributed by atoms with Gasteiger partial charge in [0.25, 0.3) is 0 Å². The summed E-state index contributed by atoms with van der Waals surface area (Å²) < 4.78 is 1.18. The number of aromatic nitrogens is 1. The van der Waals surface area contributed by atoms with E-state index in [0.717, 1.165) is 25.0 Å². The SMILES string of the molecule is CCCc1nc(N)sc1Cc1c(C)cc(C)cc1Br. The number of nitrogen functional groups attached to an aromatic ring is 1. The van der Waals surface area contributed by atoms with E-state index >= 15 is 0 Å². The first kappa shape index (κ1) is 14.5. The van der Waals surface area contributed by atoms with E-state index in [0.29, 0.717) is 5.13 Å². The third-order valence-corrected chi connectivity index (χ3v) is 4.82. The summed E-state index contributed by atoms with van der Waals surface area (Å²) in [4.78, 5) is 5.75. The summed E-state index contributed by atoms with van der Waals surface area (Å²) in [5.41, 5.74) is 11.0. The van der Waals surface area contributed by atoms with Crippen LogP contribution in [0.4, 0.5) is 5.13 Å². The Morgan fingerprint density at radius 2 is 2.05 bits per heavy atom. The van der Waals surface area contributed by atoms with Crippen LogP contribution < -0.4 is 5.73 Å². The van der Waals surface area contributed by atoms with Crippen molar-refractivity contribution in [3.63, 3.8) is 0 Å². The number of hydrogen-bond acceptors (Lipinski definition) is 3. The quantitative estimate of drug-likeness (QED) is 0.881. The van der Waals surface area contributed by atoms with Crippen molar-refractivity contribution in [2.24, 2.45) is 0 Å². The molecule has 4 heteroatoms. The van der Waals surface area contributed by atoms with E-state index in [4.69, 9.17) is 5.73 Å². The number of aryl methyl sites for hydroxylation is 3. The Hall–Kier alpha value is -0.870. The third kappa shape index (κ3) is 3.37. The maximum Gasteiger partial charge on any atom is 0.180 e. The van der Waals surface area contributed by atoms with Gasteiger partial charge in [0.15, 0.2) is 5.13 Å². The van der Waals surface area contributed by atoms with Gasteiger partial charge in [0.1, 0.15) is 0 Å². The van der Waals surface area contributed by atoms with Gasteiger partial charge in [-0.25, -0.2) is 4.98 Å². The molecule has 102 valence electrons. The first-order chi connectivity index (χ1) is 9.01. The molecule has 0 saturated carbocycles. The van der Waals surface area contributed by atoms with E-state index in [-0.39, 0.29) is 0 Å². The molecule has 2 aromatic rings. The van der Waals surface area contributed by atoms with Crippen LogP contribution in [0, 0.1) is 13.8 Å². The third-order valence-electron chi connectivity index (χ3n) is 3.18. The molecular weight excluding hydrogens is 320 g/mol. The molecule has 1 aromatic heterocycles. The van der Waals surface area contributed by atoms with Crippen molar-refractivity contribution in [1.29, 1.82) is 0 Å². The number of nitrogens with zero attached hydrogens (tertiary/aromatic N) is 1. The smallest absolute Gasteiger partial charge is 0.180 e. The molecule has 0 spiro atoms. The second-order valence-corrected chi connectivity index (χ2v) is 6.86. The summed E-state index contributed by atoms with van der Waals surface area (Å²) in [6.07, 6.45) is 3.02. The topological polar surface area (TPSA) is 38.9 Å². The molecule has 0 aliphatic rings. The molecule has 0 amide bonds. The summed E-state index contributed by atoms with van der Waals surface area (Å²) in [6.45, 7) is 6.46. The Morgan fingerprint density at radius 1 is 1.32 bits per heavy atom. The van der Waals surface area contributed by atoms with E-state index in [1.165, 1.54) is 26.0 Å². The van der Waals surface area contributed by atoms with Crippen LogP contribution in [0.15, 0.2) is 16.6 Å². The molecule has 0 fully saturated rings. The summed E-state index contributed by atoms with van der Waals surface area (Å²) in [5, 5.41) is 0.680. The molecule has 2 rings (SSSR count). The fourth-order valence-corrected chi connectivity index (χ4v) is 4.01. The minimum Gasteiger partial charge on any atom is -0.375 e. The summed E-state index contributed by atoms with van der Waals surface area (Å²) in [7, 11) is 0. The molecule has 2 nitrogen and oxygen atoms in total. The monoisotopic (exact) mass is 338 g/mol. The second kappa shape index (κ2) is 6.06. The van der Waals surface area contributed by atoms with Crippen LogP contribution in [0.25, 0.3) is 0 Å². The van der Waals surface area contributed by atoms with Gasteiger partial charge in [-0.15, -0.1) is 11.3 Å².